The van der Waals surface area contributed by atoms with Crippen molar-refractivity contribution in [2.45, 2.75) is 33.6 Å². The number of carbonyl (C=O) groups excluding carboxylic acids is 1. The molecule has 19 heavy (non-hydrogen) atoms. The van der Waals surface area contributed by atoms with E-state index >= 15 is 0 Å². The molecule has 0 aliphatic rings. The van der Waals surface area contributed by atoms with Gasteiger partial charge < -0.3 is 9.84 Å². The Labute approximate surface area is 111 Å². The van der Waals surface area contributed by atoms with Crippen LogP contribution in [0.2, 0.25) is 0 Å². The standard InChI is InChI=1S/C13H18N4O2/c1-8-7-12(17(4)15-8)14-13(18)6-5-11-9(2)16-19-10(11)3/h7H,5-6H2,1-4H3,(H,14,18). The lowest BCUT2D eigenvalue weighted by Crippen LogP contribution is -2.15. The molecule has 0 spiro atoms. The van der Waals surface area contributed by atoms with Gasteiger partial charge >= 0.3 is 0 Å². The maximum absolute atomic E-state index is 11.9. The minimum Gasteiger partial charge on any atom is -0.361 e. The highest BCUT2D eigenvalue weighted by Crippen LogP contribution is 2.15. The van der Waals surface area contributed by atoms with E-state index in [0.29, 0.717) is 18.7 Å². The van der Waals surface area contributed by atoms with Crippen molar-refractivity contribution in [1.82, 2.24) is 14.9 Å². The summed E-state index contributed by atoms with van der Waals surface area (Å²) in [4.78, 5) is 11.9. The molecule has 6 nitrogen and oxygen atoms in total. The number of amides is 1. The first kappa shape index (κ1) is 13.3. The molecular formula is C13H18N4O2. The zero-order valence-corrected chi connectivity index (χ0v) is 11.6. The minimum absolute atomic E-state index is 0.0389. The second-order valence-corrected chi connectivity index (χ2v) is 4.65. The summed E-state index contributed by atoms with van der Waals surface area (Å²) in [5.74, 6) is 1.45. The molecule has 0 bridgehead atoms. The second kappa shape index (κ2) is 5.26. The van der Waals surface area contributed by atoms with Crippen molar-refractivity contribution in [2.75, 3.05) is 5.32 Å². The topological polar surface area (TPSA) is 73.0 Å². The largest absolute Gasteiger partial charge is 0.361 e. The molecule has 0 aliphatic heterocycles. The first-order chi connectivity index (χ1) is 8.97. The van der Waals surface area contributed by atoms with E-state index < -0.39 is 0 Å². The zero-order valence-electron chi connectivity index (χ0n) is 11.6. The number of aromatic nitrogens is 3. The van der Waals surface area contributed by atoms with Crippen LogP contribution in [0.5, 0.6) is 0 Å². The molecule has 0 saturated carbocycles. The third-order valence-electron chi connectivity index (χ3n) is 3.05. The van der Waals surface area contributed by atoms with Crippen LogP contribution in [-0.4, -0.2) is 20.8 Å². The molecule has 2 rings (SSSR count). The highest BCUT2D eigenvalue weighted by atomic mass is 16.5. The van der Waals surface area contributed by atoms with E-state index in [-0.39, 0.29) is 5.91 Å². The monoisotopic (exact) mass is 262 g/mol. The third kappa shape index (κ3) is 3.01. The van der Waals surface area contributed by atoms with Gasteiger partial charge in [-0.25, -0.2) is 0 Å². The third-order valence-corrected chi connectivity index (χ3v) is 3.05. The fourth-order valence-electron chi connectivity index (χ4n) is 2.03. The Morgan fingerprint density at radius 1 is 1.42 bits per heavy atom. The SMILES string of the molecule is Cc1cc(NC(=O)CCc2c(C)noc2C)n(C)n1. The van der Waals surface area contributed by atoms with Crippen LogP contribution < -0.4 is 5.32 Å². The lowest BCUT2D eigenvalue weighted by Gasteiger charge is -2.04. The lowest BCUT2D eigenvalue weighted by atomic mass is 10.1. The van der Waals surface area contributed by atoms with E-state index in [4.69, 9.17) is 4.52 Å². The molecule has 102 valence electrons. The van der Waals surface area contributed by atoms with Gasteiger partial charge in [-0.15, -0.1) is 0 Å². The summed E-state index contributed by atoms with van der Waals surface area (Å²) < 4.78 is 6.73. The zero-order chi connectivity index (χ0) is 14.0. The maximum atomic E-state index is 11.9. The molecule has 0 atom stereocenters. The predicted molar refractivity (Wildman–Crippen MR) is 70.9 cm³/mol. The number of rotatable bonds is 4. The Balaban J connectivity index is 1.94. The van der Waals surface area contributed by atoms with E-state index in [1.54, 1.807) is 11.7 Å². The van der Waals surface area contributed by atoms with Crippen molar-refractivity contribution in [3.63, 3.8) is 0 Å². The highest BCUT2D eigenvalue weighted by molar-refractivity contribution is 5.90. The predicted octanol–water partition coefficient (Wildman–Crippen LogP) is 1.90. The van der Waals surface area contributed by atoms with Gasteiger partial charge in [0.15, 0.2) is 0 Å². The smallest absolute Gasteiger partial charge is 0.225 e. The number of aryl methyl sites for hydroxylation is 4. The quantitative estimate of drug-likeness (QED) is 0.913. The summed E-state index contributed by atoms with van der Waals surface area (Å²) in [6, 6.07) is 1.84. The van der Waals surface area contributed by atoms with Crippen LogP contribution in [0.25, 0.3) is 0 Å². The molecule has 6 heteroatoms. The number of carbonyl (C=O) groups is 1. The lowest BCUT2D eigenvalue weighted by molar-refractivity contribution is -0.116. The molecule has 1 N–H and O–H groups in total. The average molecular weight is 262 g/mol. The van der Waals surface area contributed by atoms with Gasteiger partial charge in [0.05, 0.1) is 11.4 Å². The van der Waals surface area contributed by atoms with Crippen LogP contribution in [0.15, 0.2) is 10.6 Å². The Kier molecular flexibility index (Phi) is 3.69. The Morgan fingerprint density at radius 3 is 2.68 bits per heavy atom. The van der Waals surface area contributed by atoms with E-state index in [1.165, 1.54) is 0 Å². The molecule has 0 aromatic carbocycles. The Bertz CT molecular complexity index is 578. The summed E-state index contributed by atoms with van der Waals surface area (Å²) in [5.41, 5.74) is 2.74. The van der Waals surface area contributed by atoms with Gasteiger partial charge in [-0.3, -0.25) is 9.48 Å². The first-order valence-corrected chi connectivity index (χ1v) is 6.19. The molecule has 2 aromatic heterocycles. The second-order valence-electron chi connectivity index (χ2n) is 4.65. The van der Waals surface area contributed by atoms with Crippen LogP contribution in [-0.2, 0) is 18.3 Å². The number of nitrogens with zero attached hydrogens (tertiary/aromatic N) is 3. The first-order valence-electron chi connectivity index (χ1n) is 6.19. The molecule has 0 radical (unpaired) electrons. The van der Waals surface area contributed by atoms with Gasteiger partial charge in [0, 0.05) is 25.1 Å². The van der Waals surface area contributed by atoms with Crippen molar-refractivity contribution in [3.8, 4) is 0 Å². The molecule has 0 aliphatic carbocycles. The van der Waals surface area contributed by atoms with Crippen molar-refractivity contribution in [1.29, 1.82) is 0 Å². The normalized spacial score (nSPS) is 10.7. The number of hydrogen-bond donors (Lipinski definition) is 1. The van der Waals surface area contributed by atoms with Gasteiger partial charge in [0.25, 0.3) is 0 Å². The van der Waals surface area contributed by atoms with Crippen LogP contribution in [0.3, 0.4) is 0 Å². The molecule has 0 fully saturated rings. The highest BCUT2D eigenvalue weighted by Gasteiger charge is 2.12. The number of anilines is 1. The van der Waals surface area contributed by atoms with Crippen molar-refractivity contribution in [3.05, 3.63) is 28.8 Å². The molecule has 2 heterocycles. The van der Waals surface area contributed by atoms with Gasteiger partial charge in [-0.2, -0.15) is 5.10 Å². The van der Waals surface area contributed by atoms with Gasteiger partial charge in [0.2, 0.25) is 5.91 Å². The van der Waals surface area contributed by atoms with Crippen LogP contribution >= 0.6 is 0 Å². The van der Waals surface area contributed by atoms with Crippen molar-refractivity contribution in [2.24, 2.45) is 7.05 Å². The molecular weight excluding hydrogens is 244 g/mol. The summed E-state index contributed by atoms with van der Waals surface area (Å²) in [7, 11) is 1.80. The summed E-state index contributed by atoms with van der Waals surface area (Å²) >= 11 is 0. The Hall–Kier alpha value is -2.11. The molecule has 1 amide bonds. The average Bonchev–Trinajstić information content (AvgIpc) is 2.81. The van der Waals surface area contributed by atoms with Gasteiger partial charge in [-0.05, 0) is 27.2 Å². The summed E-state index contributed by atoms with van der Waals surface area (Å²) in [5, 5.41) is 10.9. The fourth-order valence-corrected chi connectivity index (χ4v) is 2.03. The van der Waals surface area contributed by atoms with Crippen LogP contribution in [0.4, 0.5) is 5.82 Å². The minimum atomic E-state index is -0.0389. The van der Waals surface area contributed by atoms with Gasteiger partial charge in [0.1, 0.15) is 11.6 Å². The van der Waals surface area contributed by atoms with E-state index in [1.807, 2.05) is 26.8 Å². The van der Waals surface area contributed by atoms with Crippen LogP contribution in [0.1, 0.15) is 29.1 Å². The molecule has 2 aromatic rings. The van der Waals surface area contributed by atoms with E-state index in [0.717, 1.165) is 22.7 Å². The number of nitrogens with one attached hydrogen (secondary N) is 1. The Morgan fingerprint density at radius 2 is 2.16 bits per heavy atom. The van der Waals surface area contributed by atoms with Gasteiger partial charge in [-0.1, -0.05) is 5.16 Å². The molecule has 0 saturated heterocycles. The fraction of sp³-hybridized carbons (Fsp3) is 0.462. The van der Waals surface area contributed by atoms with Crippen molar-refractivity contribution >= 4 is 11.7 Å². The molecule has 0 unspecified atom stereocenters. The van der Waals surface area contributed by atoms with E-state index in [2.05, 4.69) is 15.6 Å². The van der Waals surface area contributed by atoms with Crippen LogP contribution in [0, 0.1) is 20.8 Å². The van der Waals surface area contributed by atoms with E-state index in [9.17, 15) is 4.79 Å². The summed E-state index contributed by atoms with van der Waals surface area (Å²) in [6.07, 6.45) is 1.02. The number of hydrogen-bond acceptors (Lipinski definition) is 4. The van der Waals surface area contributed by atoms with Crippen molar-refractivity contribution < 1.29 is 9.32 Å². The summed E-state index contributed by atoms with van der Waals surface area (Å²) in [6.45, 7) is 5.63. The maximum Gasteiger partial charge on any atom is 0.225 e.